The molecule has 1 N–H and O–H groups in total. The predicted octanol–water partition coefficient (Wildman–Crippen LogP) is 3.76. The number of aromatic amines is 1. The third-order valence-electron chi connectivity index (χ3n) is 6.72. The number of nitrogens with zero attached hydrogens (tertiary/aromatic N) is 2. The molecule has 4 heteroatoms. The highest BCUT2D eigenvalue weighted by Crippen LogP contribution is 2.09. The normalized spacial score (nSPS) is 11.6. The molecule has 4 aromatic carbocycles. The maximum absolute atomic E-state index is 8.55. The van der Waals surface area contributed by atoms with Crippen molar-refractivity contribution in [2.45, 2.75) is 19.9 Å². The van der Waals surface area contributed by atoms with Crippen LogP contribution in [-0.4, -0.2) is 11.1 Å². The molecule has 0 aliphatic heterocycles. The summed E-state index contributed by atoms with van der Waals surface area (Å²) in [6.45, 7) is 3.80. The minimum Gasteiger partial charge on any atom is -0.248 e. The lowest BCUT2D eigenvalue weighted by Gasteiger charge is -2.44. The predicted molar refractivity (Wildman–Crippen MR) is 146 cm³/mol. The van der Waals surface area contributed by atoms with E-state index in [1.807, 2.05) is 30.8 Å². The molecule has 0 spiro atoms. The molecule has 0 saturated carbocycles. The second-order valence-electron chi connectivity index (χ2n) is 8.77. The third kappa shape index (κ3) is 4.95. The van der Waals surface area contributed by atoms with Crippen LogP contribution in [0.4, 0.5) is 0 Å². The van der Waals surface area contributed by atoms with Gasteiger partial charge >= 0.3 is 0 Å². The molecule has 0 aliphatic carbocycles. The number of benzene rings is 4. The van der Waals surface area contributed by atoms with Crippen LogP contribution in [0.1, 0.15) is 18.8 Å². The molecular weight excluding hydrogens is 425 g/mol. The number of aryl methyl sites for hydroxylation is 1. The molecule has 0 saturated heterocycles. The molecule has 0 radical (unpaired) electrons. The third-order valence-corrected chi connectivity index (χ3v) is 6.72. The Morgan fingerprint density at radius 2 is 1.00 bits per heavy atom. The van der Waals surface area contributed by atoms with Gasteiger partial charge < -0.3 is 0 Å². The maximum atomic E-state index is 8.55. The summed E-state index contributed by atoms with van der Waals surface area (Å²) in [4.78, 5) is 3.00. The number of hydrogen-bond donors (Lipinski definition) is 1. The van der Waals surface area contributed by atoms with Crippen LogP contribution in [0.25, 0.3) is 0 Å². The lowest BCUT2D eigenvalue weighted by atomic mass is 9.13. The van der Waals surface area contributed by atoms with Crippen LogP contribution in [-0.2, 0) is 0 Å². The van der Waals surface area contributed by atoms with Gasteiger partial charge in [-0.15, -0.1) is 0 Å². The molecule has 5 rings (SSSR count). The highest BCUT2D eigenvalue weighted by molar-refractivity contribution is 7.19. The van der Waals surface area contributed by atoms with Crippen LogP contribution >= 0.6 is 0 Å². The second-order valence-corrected chi connectivity index (χ2v) is 8.77. The van der Waals surface area contributed by atoms with Crippen molar-refractivity contribution >= 4 is 28.0 Å². The second kappa shape index (κ2) is 11.2. The van der Waals surface area contributed by atoms with E-state index in [2.05, 4.69) is 132 Å². The van der Waals surface area contributed by atoms with Gasteiger partial charge in [-0.1, -0.05) is 121 Å². The van der Waals surface area contributed by atoms with Crippen molar-refractivity contribution in [2.24, 2.45) is 0 Å². The lowest BCUT2D eigenvalue weighted by Crippen LogP contribution is -2.74. The van der Waals surface area contributed by atoms with E-state index in [9.17, 15) is 0 Å². The highest BCUT2D eigenvalue weighted by Gasteiger charge is 2.31. The van der Waals surface area contributed by atoms with Crippen molar-refractivity contribution in [2.75, 3.05) is 0 Å². The van der Waals surface area contributed by atoms with Gasteiger partial charge in [0.15, 0.2) is 6.04 Å². The molecule has 0 bridgehead atoms. The zero-order valence-electron chi connectivity index (χ0n) is 20.3. The van der Waals surface area contributed by atoms with Gasteiger partial charge in [0.2, 0.25) is 0 Å². The first kappa shape index (κ1) is 23.8. The summed E-state index contributed by atoms with van der Waals surface area (Å²) in [6.07, 6.45) is 2.47. The average Bonchev–Trinajstić information content (AvgIpc) is 3.37. The fourth-order valence-electron chi connectivity index (χ4n) is 5.03. The van der Waals surface area contributed by atoms with Crippen molar-refractivity contribution < 1.29 is 4.57 Å². The van der Waals surface area contributed by atoms with Crippen molar-refractivity contribution in [3.63, 3.8) is 0 Å². The first-order valence-electron chi connectivity index (χ1n) is 12.0. The van der Waals surface area contributed by atoms with E-state index in [0.717, 1.165) is 5.82 Å². The molecule has 3 nitrogen and oxygen atoms in total. The maximum Gasteiger partial charge on any atom is 0.252 e. The van der Waals surface area contributed by atoms with Crippen LogP contribution in [0.15, 0.2) is 134 Å². The highest BCUT2D eigenvalue weighted by atomic mass is 15.1. The first-order chi connectivity index (χ1) is 17.2. The molecule has 0 fully saturated rings. The minimum absolute atomic E-state index is 0.0775. The number of nitriles is 1. The molecule has 5 aromatic rings. The van der Waals surface area contributed by atoms with Crippen molar-refractivity contribution in [3.05, 3.63) is 140 Å². The van der Waals surface area contributed by atoms with E-state index < -0.39 is 6.15 Å². The van der Waals surface area contributed by atoms with E-state index in [4.69, 9.17) is 5.26 Å². The van der Waals surface area contributed by atoms with E-state index >= 15 is 0 Å². The Hall–Kier alpha value is -4.36. The van der Waals surface area contributed by atoms with Gasteiger partial charge in [0.1, 0.15) is 24.6 Å². The van der Waals surface area contributed by atoms with E-state index in [1.165, 1.54) is 21.9 Å². The summed E-state index contributed by atoms with van der Waals surface area (Å²) in [6, 6.07) is 45.6. The van der Waals surface area contributed by atoms with Gasteiger partial charge in [-0.05, 0) is 6.92 Å². The zero-order chi connectivity index (χ0) is 24.5. The molecular formula is C31H30BN3. The first-order valence-corrected chi connectivity index (χ1v) is 12.0. The summed E-state index contributed by atoms with van der Waals surface area (Å²) in [5.41, 5.74) is 5.36. The van der Waals surface area contributed by atoms with Gasteiger partial charge in [0.05, 0.1) is 0 Å². The number of aromatic nitrogens is 2. The van der Waals surface area contributed by atoms with Gasteiger partial charge in [0, 0.05) is 6.92 Å². The Morgan fingerprint density at radius 1 is 0.657 bits per heavy atom. The summed E-state index contributed by atoms with van der Waals surface area (Å²) in [7, 11) is 0. The molecule has 35 heavy (non-hydrogen) atoms. The summed E-state index contributed by atoms with van der Waals surface area (Å²) in [5, 5.41) is 8.55. The largest absolute Gasteiger partial charge is 0.252 e. The molecule has 1 heterocycles. The molecule has 1 aromatic heterocycles. The standard InChI is InChI=1S/C24H20B.C7H9N3/c1-5-13-21(14-6-1)25(22-15-7-2-8-16-22,23-17-9-3-10-18-23)24-19-11-4-12-20-24;1-6(5-8)10-4-3-9-7(10)2/h1-20H;3-4,6H,1-2H3/q-1;/p+1. The minimum atomic E-state index is -1.22. The van der Waals surface area contributed by atoms with Crippen molar-refractivity contribution in [1.82, 2.24) is 4.98 Å². The van der Waals surface area contributed by atoms with E-state index in [1.54, 1.807) is 0 Å². The molecule has 1 atom stereocenters. The molecule has 172 valence electrons. The Balaban J connectivity index is 0.000000243. The fourth-order valence-corrected chi connectivity index (χ4v) is 5.03. The van der Waals surface area contributed by atoms with Crippen LogP contribution in [0, 0.1) is 18.3 Å². The van der Waals surface area contributed by atoms with Crippen molar-refractivity contribution in [3.8, 4) is 6.07 Å². The SMILES string of the molecule is Cc1[nH]cc[n+]1C(C)C#N.c1ccc([B-](c2ccccc2)(c2ccccc2)c2ccccc2)cc1. The Labute approximate surface area is 208 Å². The number of imidazole rings is 1. The van der Waals surface area contributed by atoms with Crippen LogP contribution in [0.3, 0.4) is 0 Å². The number of rotatable bonds is 5. The van der Waals surface area contributed by atoms with Gasteiger partial charge in [-0.2, -0.15) is 27.1 Å². The molecule has 1 unspecified atom stereocenters. The summed E-state index contributed by atoms with van der Waals surface area (Å²) >= 11 is 0. The summed E-state index contributed by atoms with van der Waals surface area (Å²) < 4.78 is 1.89. The van der Waals surface area contributed by atoms with Crippen LogP contribution < -0.4 is 26.4 Å². The molecule has 0 aliphatic rings. The van der Waals surface area contributed by atoms with E-state index in [-0.39, 0.29) is 6.04 Å². The molecule has 0 amide bonds. The van der Waals surface area contributed by atoms with Crippen LogP contribution in [0.5, 0.6) is 0 Å². The number of hydrogen-bond acceptors (Lipinski definition) is 1. The quantitative estimate of drug-likeness (QED) is 0.318. The average molecular weight is 455 g/mol. The van der Waals surface area contributed by atoms with Gasteiger partial charge in [-0.25, -0.2) is 9.55 Å². The Bertz CT molecular complexity index is 1200. The summed E-state index contributed by atoms with van der Waals surface area (Å²) in [5.74, 6) is 1.01. The Morgan fingerprint density at radius 3 is 1.26 bits per heavy atom. The fraction of sp³-hybridized carbons (Fsp3) is 0.0968. The zero-order valence-corrected chi connectivity index (χ0v) is 20.3. The van der Waals surface area contributed by atoms with Gasteiger partial charge in [0.25, 0.3) is 5.82 Å². The smallest absolute Gasteiger partial charge is 0.248 e. The topological polar surface area (TPSA) is 43.5 Å². The lowest BCUT2D eigenvalue weighted by molar-refractivity contribution is -0.711. The van der Waals surface area contributed by atoms with Crippen molar-refractivity contribution in [1.29, 1.82) is 5.26 Å². The number of H-pyrrole nitrogens is 1. The van der Waals surface area contributed by atoms with Gasteiger partial charge in [-0.3, -0.25) is 0 Å². The number of nitrogens with one attached hydrogen (secondary N) is 1. The van der Waals surface area contributed by atoms with E-state index in [0.29, 0.717) is 0 Å². The monoisotopic (exact) mass is 455 g/mol. The van der Waals surface area contributed by atoms with Crippen LogP contribution in [0.2, 0.25) is 0 Å². The Kier molecular flexibility index (Phi) is 7.60.